The third-order valence-electron chi connectivity index (χ3n) is 4.43. The fraction of sp³-hybridized carbons (Fsp3) is 0.412. The lowest BCUT2D eigenvalue weighted by atomic mass is 10.3. The topological polar surface area (TPSA) is 78.4 Å². The van der Waals surface area contributed by atoms with Gasteiger partial charge in [0.15, 0.2) is 0 Å². The molecule has 1 aromatic heterocycles. The van der Waals surface area contributed by atoms with Crippen molar-refractivity contribution in [3.63, 3.8) is 0 Å². The van der Waals surface area contributed by atoms with Crippen LogP contribution in [0.5, 0.6) is 0 Å². The van der Waals surface area contributed by atoms with Crippen LogP contribution in [-0.4, -0.2) is 68.1 Å². The standard InChI is InChI=1S/C17H20F3N5O2S/c18-17(19,20)28(26,27)15-5-2-1-4-14(15)21-8-9-24-10-12-25(13-11-24)16-22-6-3-7-23-16/h1-7,21H,8-13H2. The summed E-state index contributed by atoms with van der Waals surface area (Å²) in [6, 6.07) is 6.82. The number of nitrogens with zero attached hydrogens (tertiary/aromatic N) is 4. The van der Waals surface area contributed by atoms with Gasteiger partial charge >= 0.3 is 5.51 Å². The number of hydrogen-bond donors (Lipinski definition) is 1. The minimum absolute atomic E-state index is 0.0452. The van der Waals surface area contributed by atoms with Crippen LogP contribution in [0, 0.1) is 0 Å². The predicted octanol–water partition coefficient (Wildman–Crippen LogP) is 2.00. The molecule has 7 nitrogen and oxygen atoms in total. The molecular formula is C17H20F3N5O2S. The van der Waals surface area contributed by atoms with Crippen LogP contribution in [0.25, 0.3) is 0 Å². The van der Waals surface area contributed by atoms with E-state index < -0.39 is 20.2 Å². The molecule has 1 N–H and O–H groups in total. The average Bonchev–Trinajstić information content (AvgIpc) is 2.69. The molecule has 0 unspecified atom stereocenters. The SMILES string of the molecule is O=S(=O)(c1ccccc1NCCN1CCN(c2ncccn2)CC1)C(F)(F)F. The molecule has 28 heavy (non-hydrogen) atoms. The van der Waals surface area contributed by atoms with Gasteiger partial charge in [-0.05, 0) is 18.2 Å². The van der Waals surface area contributed by atoms with Gasteiger partial charge in [-0.3, -0.25) is 4.90 Å². The number of sulfone groups is 1. The molecule has 0 radical (unpaired) electrons. The fourth-order valence-electron chi connectivity index (χ4n) is 2.95. The van der Waals surface area contributed by atoms with Gasteiger partial charge < -0.3 is 10.2 Å². The molecule has 0 bridgehead atoms. The summed E-state index contributed by atoms with van der Waals surface area (Å²) in [6.07, 6.45) is 3.37. The molecule has 0 aliphatic carbocycles. The molecule has 1 aliphatic rings. The van der Waals surface area contributed by atoms with Gasteiger partial charge in [-0.15, -0.1) is 0 Å². The zero-order chi connectivity index (χ0) is 20.2. The first kappa shape index (κ1) is 20.3. The molecule has 1 saturated heterocycles. The summed E-state index contributed by atoms with van der Waals surface area (Å²) in [5, 5.41) is 2.82. The number of para-hydroxylation sites is 1. The molecule has 0 saturated carbocycles. The minimum Gasteiger partial charge on any atom is -0.383 e. The highest BCUT2D eigenvalue weighted by atomic mass is 32.2. The number of rotatable bonds is 6. The van der Waals surface area contributed by atoms with Gasteiger partial charge in [0.25, 0.3) is 9.84 Å². The molecule has 2 aromatic rings. The van der Waals surface area contributed by atoms with Crippen molar-refractivity contribution in [3.05, 3.63) is 42.7 Å². The van der Waals surface area contributed by atoms with Crippen molar-refractivity contribution in [2.24, 2.45) is 0 Å². The Labute approximate surface area is 161 Å². The summed E-state index contributed by atoms with van der Waals surface area (Å²) in [5.41, 5.74) is -5.38. The highest BCUT2D eigenvalue weighted by Gasteiger charge is 2.47. The van der Waals surface area contributed by atoms with E-state index in [-0.39, 0.29) is 5.69 Å². The lowest BCUT2D eigenvalue weighted by Crippen LogP contribution is -2.48. The van der Waals surface area contributed by atoms with E-state index in [1.165, 1.54) is 18.2 Å². The van der Waals surface area contributed by atoms with Gasteiger partial charge in [-0.25, -0.2) is 18.4 Å². The van der Waals surface area contributed by atoms with Crippen LogP contribution in [0.2, 0.25) is 0 Å². The summed E-state index contributed by atoms with van der Waals surface area (Å²) in [5.74, 6) is 0.673. The van der Waals surface area contributed by atoms with Crippen molar-refractivity contribution in [1.82, 2.24) is 14.9 Å². The Bertz CT molecular complexity index is 885. The van der Waals surface area contributed by atoms with Crippen LogP contribution >= 0.6 is 0 Å². The number of hydrogen-bond acceptors (Lipinski definition) is 7. The van der Waals surface area contributed by atoms with Gasteiger partial charge in [-0.1, -0.05) is 12.1 Å². The number of nitrogens with one attached hydrogen (secondary N) is 1. The van der Waals surface area contributed by atoms with Gasteiger partial charge in [0, 0.05) is 51.7 Å². The molecule has 1 fully saturated rings. The summed E-state index contributed by atoms with van der Waals surface area (Å²) >= 11 is 0. The van der Waals surface area contributed by atoms with Crippen molar-refractivity contribution in [3.8, 4) is 0 Å². The normalized spacial score (nSPS) is 16.2. The van der Waals surface area contributed by atoms with Crippen molar-refractivity contribution in [2.45, 2.75) is 10.4 Å². The summed E-state index contributed by atoms with van der Waals surface area (Å²) in [7, 11) is -5.40. The van der Waals surface area contributed by atoms with Crippen molar-refractivity contribution in [2.75, 3.05) is 49.5 Å². The van der Waals surface area contributed by atoms with Gasteiger partial charge in [0.05, 0.1) is 10.6 Å². The molecule has 152 valence electrons. The number of aromatic nitrogens is 2. The first-order valence-corrected chi connectivity index (χ1v) is 10.2. The average molecular weight is 415 g/mol. The molecule has 0 spiro atoms. The van der Waals surface area contributed by atoms with Crippen molar-refractivity contribution >= 4 is 21.5 Å². The fourth-order valence-corrected chi connectivity index (χ4v) is 3.88. The lowest BCUT2D eigenvalue weighted by molar-refractivity contribution is -0.0435. The smallest absolute Gasteiger partial charge is 0.383 e. The van der Waals surface area contributed by atoms with Crippen LogP contribution in [-0.2, 0) is 9.84 Å². The third-order valence-corrected chi connectivity index (χ3v) is 5.98. The van der Waals surface area contributed by atoms with Gasteiger partial charge in [0.1, 0.15) is 0 Å². The van der Waals surface area contributed by atoms with E-state index in [4.69, 9.17) is 0 Å². The maximum atomic E-state index is 12.8. The molecule has 1 aromatic carbocycles. The van der Waals surface area contributed by atoms with Crippen molar-refractivity contribution < 1.29 is 21.6 Å². The molecule has 2 heterocycles. The highest BCUT2D eigenvalue weighted by Crippen LogP contribution is 2.34. The van der Waals surface area contributed by atoms with Crippen LogP contribution in [0.15, 0.2) is 47.6 Å². The first-order valence-electron chi connectivity index (χ1n) is 8.67. The maximum absolute atomic E-state index is 12.8. The molecule has 0 amide bonds. The van der Waals surface area contributed by atoms with E-state index in [0.29, 0.717) is 19.0 Å². The van der Waals surface area contributed by atoms with Crippen LogP contribution in [0.4, 0.5) is 24.8 Å². The highest BCUT2D eigenvalue weighted by molar-refractivity contribution is 7.92. The Kier molecular flexibility index (Phi) is 6.04. The largest absolute Gasteiger partial charge is 0.501 e. The Balaban J connectivity index is 1.54. The summed E-state index contributed by atoms with van der Waals surface area (Å²) in [4.78, 5) is 11.9. The Morgan fingerprint density at radius 2 is 1.64 bits per heavy atom. The van der Waals surface area contributed by atoms with Crippen LogP contribution in [0.1, 0.15) is 0 Å². The number of alkyl halides is 3. The number of anilines is 2. The van der Waals surface area contributed by atoms with Gasteiger partial charge in [0.2, 0.25) is 5.95 Å². The Hall–Kier alpha value is -2.40. The number of benzene rings is 1. The molecular weight excluding hydrogens is 395 g/mol. The first-order chi connectivity index (χ1) is 13.3. The van der Waals surface area contributed by atoms with Crippen LogP contribution < -0.4 is 10.2 Å². The third kappa shape index (κ3) is 4.53. The van der Waals surface area contributed by atoms with E-state index in [1.807, 2.05) is 0 Å². The quantitative estimate of drug-likeness (QED) is 0.773. The van der Waals surface area contributed by atoms with Crippen LogP contribution in [0.3, 0.4) is 0 Å². The van der Waals surface area contributed by atoms with E-state index in [1.54, 1.807) is 18.5 Å². The second kappa shape index (κ2) is 8.31. The lowest BCUT2D eigenvalue weighted by Gasteiger charge is -2.34. The summed E-state index contributed by atoms with van der Waals surface area (Å²) < 4.78 is 62.0. The molecule has 1 aliphatic heterocycles. The molecule has 11 heteroatoms. The number of halogens is 3. The van der Waals surface area contributed by atoms with E-state index in [0.717, 1.165) is 32.2 Å². The second-order valence-electron chi connectivity index (χ2n) is 6.25. The number of piperazine rings is 1. The second-order valence-corrected chi connectivity index (χ2v) is 8.16. The van der Waals surface area contributed by atoms with E-state index in [2.05, 4.69) is 25.1 Å². The van der Waals surface area contributed by atoms with Gasteiger partial charge in [-0.2, -0.15) is 13.2 Å². The molecule has 0 atom stereocenters. The zero-order valence-corrected chi connectivity index (χ0v) is 15.7. The van der Waals surface area contributed by atoms with E-state index >= 15 is 0 Å². The van der Waals surface area contributed by atoms with E-state index in [9.17, 15) is 21.6 Å². The zero-order valence-electron chi connectivity index (χ0n) is 14.9. The Morgan fingerprint density at radius 3 is 2.29 bits per heavy atom. The monoisotopic (exact) mass is 415 g/mol. The Morgan fingerprint density at radius 1 is 1.00 bits per heavy atom. The minimum atomic E-state index is -5.40. The molecule has 3 rings (SSSR count). The summed E-state index contributed by atoms with van der Waals surface area (Å²) in [6.45, 7) is 3.88. The van der Waals surface area contributed by atoms with Crippen molar-refractivity contribution in [1.29, 1.82) is 0 Å². The maximum Gasteiger partial charge on any atom is 0.501 e. The predicted molar refractivity (Wildman–Crippen MR) is 98.9 cm³/mol.